The van der Waals surface area contributed by atoms with Crippen molar-refractivity contribution in [2.75, 3.05) is 24.7 Å². The lowest BCUT2D eigenvalue weighted by Crippen LogP contribution is -2.14. The van der Waals surface area contributed by atoms with E-state index in [1.807, 2.05) is 5.38 Å². The average Bonchev–Trinajstić information content (AvgIpc) is 2.99. The summed E-state index contributed by atoms with van der Waals surface area (Å²) in [6.07, 6.45) is 3.31. The quantitative estimate of drug-likeness (QED) is 0.820. The van der Waals surface area contributed by atoms with E-state index in [1.54, 1.807) is 17.5 Å². The second-order valence-corrected chi connectivity index (χ2v) is 5.19. The lowest BCUT2D eigenvalue weighted by molar-refractivity contribution is 0.0602. The molecule has 7 heteroatoms. The smallest absolute Gasteiger partial charge is 0.340 e. The van der Waals surface area contributed by atoms with Gasteiger partial charge in [-0.05, 0) is 6.07 Å². The molecule has 1 unspecified atom stereocenters. The predicted molar refractivity (Wildman–Crippen MR) is 79.0 cm³/mol. The Morgan fingerprint density at radius 3 is 2.95 bits per heavy atom. The summed E-state index contributed by atoms with van der Waals surface area (Å²) >= 11 is 1.61. The van der Waals surface area contributed by atoms with Gasteiger partial charge in [0.25, 0.3) is 0 Å². The van der Waals surface area contributed by atoms with Crippen LogP contribution in [0.4, 0.5) is 11.5 Å². The highest BCUT2D eigenvalue weighted by atomic mass is 32.1. The van der Waals surface area contributed by atoms with Gasteiger partial charge < -0.3 is 15.8 Å². The van der Waals surface area contributed by atoms with E-state index >= 15 is 0 Å². The number of nitrogens with two attached hydrogens (primary N) is 1. The van der Waals surface area contributed by atoms with Gasteiger partial charge in [0.2, 0.25) is 0 Å². The lowest BCUT2D eigenvalue weighted by Gasteiger charge is -2.13. The summed E-state index contributed by atoms with van der Waals surface area (Å²) < 4.78 is 4.67. The number of nitrogens with one attached hydrogen (secondary N) is 1. The highest BCUT2D eigenvalue weighted by Gasteiger charge is 2.15. The molecule has 0 radical (unpaired) electrons. The van der Waals surface area contributed by atoms with Crippen LogP contribution >= 0.6 is 11.3 Å². The monoisotopic (exact) mass is 292 g/mol. The number of esters is 1. The zero-order valence-corrected chi connectivity index (χ0v) is 12.1. The van der Waals surface area contributed by atoms with Gasteiger partial charge >= 0.3 is 5.97 Å². The van der Waals surface area contributed by atoms with Crippen LogP contribution in [-0.2, 0) is 4.74 Å². The molecule has 0 saturated carbocycles. The van der Waals surface area contributed by atoms with E-state index in [4.69, 9.17) is 5.73 Å². The van der Waals surface area contributed by atoms with Gasteiger partial charge in [0.1, 0.15) is 5.82 Å². The molecule has 0 bridgehead atoms. The molecule has 2 aromatic heterocycles. The summed E-state index contributed by atoms with van der Waals surface area (Å²) in [6, 6.07) is 1.54. The number of methoxy groups -OCH3 is 1. The minimum atomic E-state index is -0.471. The number of thiazole rings is 1. The van der Waals surface area contributed by atoms with Crippen molar-refractivity contribution in [3.05, 3.63) is 34.4 Å². The topological polar surface area (TPSA) is 90.1 Å². The number of nitrogen functional groups attached to an aromatic ring is 1. The minimum Gasteiger partial charge on any atom is -0.465 e. The van der Waals surface area contributed by atoms with Crippen LogP contribution in [0.2, 0.25) is 0 Å². The molecule has 3 N–H and O–H groups in total. The lowest BCUT2D eigenvalue weighted by atomic mass is 10.2. The number of hydrogen-bond donors (Lipinski definition) is 2. The molecule has 0 aliphatic carbocycles. The first-order chi connectivity index (χ1) is 9.63. The maximum atomic E-state index is 11.5. The number of ether oxygens (including phenoxy) is 1. The number of pyridine rings is 1. The van der Waals surface area contributed by atoms with Crippen LogP contribution in [-0.4, -0.2) is 29.6 Å². The van der Waals surface area contributed by atoms with Crippen molar-refractivity contribution in [3.63, 3.8) is 0 Å². The Kier molecular flexibility index (Phi) is 4.52. The second-order valence-electron chi connectivity index (χ2n) is 4.26. The fraction of sp³-hybridized carbons (Fsp3) is 0.308. The molecule has 1 atom stereocenters. The molecule has 0 amide bonds. The van der Waals surface area contributed by atoms with Gasteiger partial charge in [-0.25, -0.2) is 14.8 Å². The average molecular weight is 292 g/mol. The van der Waals surface area contributed by atoms with Crippen molar-refractivity contribution in [2.45, 2.75) is 12.8 Å². The Morgan fingerprint density at radius 1 is 1.50 bits per heavy atom. The molecular weight excluding hydrogens is 276 g/mol. The number of nitrogens with zero attached hydrogens (tertiary/aromatic N) is 2. The Hall–Kier alpha value is -2.15. The summed E-state index contributed by atoms with van der Waals surface area (Å²) in [5, 5.41) is 6.13. The van der Waals surface area contributed by atoms with Crippen LogP contribution in [0.3, 0.4) is 0 Å². The molecule has 2 rings (SSSR count). The molecule has 0 fully saturated rings. The normalized spacial score (nSPS) is 11.9. The first-order valence-electron chi connectivity index (χ1n) is 6.09. The van der Waals surface area contributed by atoms with Crippen LogP contribution in [0.1, 0.15) is 28.2 Å². The van der Waals surface area contributed by atoms with Crippen LogP contribution in [0.15, 0.2) is 23.8 Å². The number of carbonyl (C=O) groups excluding carboxylic acids is 1. The molecular formula is C13H16N4O2S. The van der Waals surface area contributed by atoms with Crippen molar-refractivity contribution < 1.29 is 9.53 Å². The first-order valence-corrected chi connectivity index (χ1v) is 6.97. The predicted octanol–water partition coefficient (Wildman–Crippen LogP) is 2.12. The van der Waals surface area contributed by atoms with Gasteiger partial charge in [-0.3, -0.25) is 0 Å². The van der Waals surface area contributed by atoms with E-state index in [-0.39, 0.29) is 5.92 Å². The molecule has 0 saturated heterocycles. The molecule has 0 aromatic carbocycles. The minimum absolute atomic E-state index is 0.234. The molecule has 6 nitrogen and oxygen atoms in total. The van der Waals surface area contributed by atoms with Crippen molar-refractivity contribution >= 4 is 28.8 Å². The molecule has 0 aliphatic rings. The van der Waals surface area contributed by atoms with E-state index in [0.717, 1.165) is 5.01 Å². The Labute approximate surface area is 121 Å². The van der Waals surface area contributed by atoms with Gasteiger partial charge in [-0.2, -0.15) is 0 Å². The van der Waals surface area contributed by atoms with Gasteiger partial charge in [0.15, 0.2) is 0 Å². The maximum absolute atomic E-state index is 11.5. The third kappa shape index (κ3) is 3.05. The van der Waals surface area contributed by atoms with Crippen molar-refractivity contribution in [3.8, 4) is 0 Å². The van der Waals surface area contributed by atoms with E-state index in [2.05, 4.69) is 26.9 Å². The maximum Gasteiger partial charge on any atom is 0.340 e. The number of anilines is 2. The van der Waals surface area contributed by atoms with Crippen LogP contribution in [0.5, 0.6) is 0 Å². The molecule has 2 heterocycles. The summed E-state index contributed by atoms with van der Waals surface area (Å²) in [6.45, 7) is 2.70. The van der Waals surface area contributed by atoms with Gasteiger partial charge in [0.05, 0.1) is 23.4 Å². The van der Waals surface area contributed by atoms with E-state index in [1.165, 1.54) is 19.4 Å². The SMILES string of the molecule is COC(=O)c1ccnc(NCC(C)c2nccs2)c1N. The molecule has 20 heavy (non-hydrogen) atoms. The number of aromatic nitrogens is 2. The molecule has 0 aliphatic heterocycles. The highest BCUT2D eigenvalue weighted by Crippen LogP contribution is 2.23. The number of hydrogen-bond acceptors (Lipinski definition) is 7. The Morgan fingerprint density at radius 2 is 2.30 bits per heavy atom. The van der Waals surface area contributed by atoms with Gasteiger partial charge in [-0.15, -0.1) is 11.3 Å². The van der Waals surface area contributed by atoms with Crippen molar-refractivity contribution in [1.29, 1.82) is 0 Å². The van der Waals surface area contributed by atoms with Crippen LogP contribution < -0.4 is 11.1 Å². The fourth-order valence-electron chi connectivity index (χ4n) is 1.72. The zero-order chi connectivity index (χ0) is 14.5. The Balaban J connectivity index is 2.08. The summed E-state index contributed by atoms with van der Waals surface area (Å²) in [5.74, 6) is 0.246. The zero-order valence-electron chi connectivity index (χ0n) is 11.3. The standard InChI is InChI=1S/C13H16N4O2S/c1-8(12-16-5-6-20-12)7-17-11-10(14)9(3-4-15-11)13(18)19-2/h3-6,8H,7,14H2,1-2H3,(H,15,17). The summed E-state index contributed by atoms with van der Waals surface area (Å²) in [7, 11) is 1.32. The third-order valence-corrected chi connectivity index (χ3v) is 3.85. The molecule has 2 aromatic rings. The molecule has 106 valence electrons. The number of carbonyl (C=O) groups is 1. The fourth-order valence-corrected chi connectivity index (χ4v) is 2.42. The van der Waals surface area contributed by atoms with Crippen molar-refractivity contribution in [2.24, 2.45) is 0 Å². The third-order valence-electron chi connectivity index (χ3n) is 2.84. The Bertz CT molecular complexity index is 586. The summed E-state index contributed by atoms with van der Waals surface area (Å²) in [4.78, 5) is 20.0. The van der Waals surface area contributed by atoms with Crippen LogP contribution in [0.25, 0.3) is 0 Å². The van der Waals surface area contributed by atoms with E-state index in [9.17, 15) is 4.79 Å². The van der Waals surface area contributed by atoms with E-state index < -0.39 is 5.97 Å². The van der Waals surface area contributed by atoms with E-state index in [0.29, 0.717) is 23.6 Å². The first kappa shape index (κ1) is 14.3. The van der Waals surface area contributed by atoms with Gasteiger partial charge in [0, 0.05) is 30.2 Å². The second kappa shape index (κ2) is 6.33. The number of rotatable bonds is 5. The van der Waals surface area contributed by atoms with Gasteiger partial charge in [-0.1, -0.05) is 6.92 Å². The van der Waals surface area contributed by atoms with Crippen LogP contribution in [0, 0.1) is 0 Å². The summed E-state index contributed by atoms with van der Waals surface area (Å²) in [5.41, 5.74) is 6.53. The molecule has 0 spiro atoms. The highest BCUT2D eigenvalue weighted by molar-refractivity contribution is 7.09. The largest absolute Gasteiger partial charge is 0.465 e. The van der Waals surface area contributed by atoms with Crippen molar-refractivity contribution in [1.82, 2.24) is 9.97 Å².